The maximum atomic E-state index is 12.3. The first kappa shape index (κ1) is 20.9. The molecule has 7 nitrogen and oxygen atoms in total. The van der Waals surface area contributed by atoms with Crippen molar-refractivity contribution in [1.29, 1.82) is 0 Å². The fraction of sp³-hybridized carbons (Fsp3) is 0.650. The van der Waals surface area contributed by atoms with Gasteiger partial charge in [0, 0.05) is 38.4 Å². The molecule has 2 fully saturated rings. The zero-order valence-electron chi connectivity index (χ0n) is 17.1. The van der Waals surface area contributed by atoms with E-state index in [1.807, 2.05) is 6.92 Å². The molecule has 0 radical (unpaired) electrons. The van der Waals surface area contributed by atoms with E-state index in [9.17, 15) is 8.42 Å². The molecule has 0 saturated carbocycles. The van der Waals surface area contributed by atoms with Crippen LogP contribution in [0, 0.1) is 0 Å². The molecule has 0 bridgehead atoms. The number of rotatable bonds is 4. The van der Waals surface area contributed by atoms with Crippen LogP contribution in [0.5, 0.6) is 0 Å². The monoisotopic (exact) mass is 408 g/mol. The standard InChI is InChI=1S/C20H32N4O3S/c1-4-21-19(24-11-14-28(25,26)20(2,3)16-24)22-15-17-5-7-18(8-6-17)23-9-12-27-13-10-23/h5-8H,4,9-16H2,1-3H3,(H,21,22). The van der Waals surface area contributed by atoms with Crippen LogP contribution in [0.1, 0.15) is 26.3 Å². The lowest BCUT2D eigenvalue weighted by molar-refractivity contribution is 0.122. The highest BCUT2D eigenvalue weighted by Gasteiger charge is 2.40. The lowest BCUT2D eigenvalue weighted by Gasteiger charge is -2.39. The Labute approximate surface area is 168 Å². The summed E-state index contributed by atoms with van der Waals surface area (Å²) < 4.78 is 29.2. The van der Waals surface area contributed by atoms with Crippen LogP contribution in [0.3, 0.4) is 0 Å². The summed E-state index contributed by atoms with van der Waals surface area (Å²) >= 11 is 0. The zero-order chi connectivity index (χ0) is 20.2. The number of aliphatic imine (C=N–C) groups is 1. The van der Waals surface area contributed by atoms with Crippen molar-refractivity contribution in [2.24, 2.45) is 4.99 Å². The van der Waals surface area contributed by atoms with Gasteiger partial charge < -0.3 is 19.9 Å². The molecule has 28 heavy (non-hydrogen) atoms. The summed E-state index contributed by atoms with van der Waals surface area (Å²) in [5, 5.41) is 3.31. The summed E-state index contributed by atoms with van der Waals surface area (Å²) in [7, 11) is -3.06. The van der Waals surface area contributed by atoms with Crippen molar-refractivity contribution in [3.63, 3.8) is 0 Å². The number of nitrogens with one attached hydrogen (secondary N) is 1. The normalized spacial score (nSPS) is 22.2. The molecule has 8 heteroatoms. The van der Waals surface area contributed by atoms with Gasteiger partial charge in [0.2, 0.25) is 0 Å². The van der Waals surface area contributed by atoms with Gasteiger partial charge in [-0.25, -0.2) is 13.4 Å². The average Bonchev–Trinajstić information content (AvgIpc) is 2.68. The van der Waals surface area contributed by atoms with E-state index in [1.54, 1.807) is 13.8 Å². The van der Waals surface area contributed by atoms with E-state index in [4.69, 9.17) is 9.73 Å². The Hall–Kier alpha value is -1.80. The second-order valence-electron chi connectivity index (χ2n) is 7.94. The maximum absolute atomic E-state index is 12.3. The van der Waals surface area contributed by atoms with Gasteiger partial charge >= 0.3 is 0 Å². The first-order valence-electron chi connectivity index (χ1n) is 9.99. The summed E-state index contributed by atoms with van der Waals surface area (Å²) in [6, 6.07) is 8.50. The molecule has 1 N–H and O–H groups in total. The molecule has 3 rings (SSSR count). The van der Waals surface area contributed by atoms with E-state index in [0.717, 1.165) is 44.4 Å². The number of sulfone groups is 1. The number of morpholine rings is 1. The summed E-state index contributed by atoms with van der Waals surface area (Å²) in [4.78, 5) is 9.16. The number of anilines is 1. The Bertz CT molecular complexity index is 784. The number of ether oxygens (including phenoxy) is 1. The first-order chi connectivity index (χ1) is 13.3. The third-order valence-corrected chi connectivity index (χ3v) is 7.93. The largest absolute Gasteiger partial charge is 0.378 e. The maximum Gasteiger partial charge on any atom is 0.194 e. The van der Waals surface area contributed by atoms with Crippen LogP contribution in [0.2, 0.25) is 0 Å². The van der Waals surface area contributed by atoms with Crippen LogP contribution < -0.4 is 10.2 Å². The minimum Gasteiger partial charge on any atom is -0.378 e. The summed E-state index contributed by atoms with van der Waals surface area (Å²) in [6.07, 6.45) is 0. The highest BCUT2D eigenvalue weighted by molar-refractivity contribution is 7.92. The van der Waals surface area contributed by atoms with Crippen molar-refractivity contribution >= 4 is 21.5 Å². The quantitative estimate of drug-likeness (QED) is 0.601. The number of hydrogen-bond acceptors (Lipinski definition) is 5. The van der Waals surface area contributed by atoms with Crippen LogP contribution in [-0.4, -0.2) is 75.7 Å². The van der Waals surface area contributed by atoms with E-state index in [0.29, 0.717) is 19.6 Å². The predicted molar refractivity (Wildman–Crippen MR) is 114 cm³/mol. The fourth-order valence-electron chi connectivity index (χ4n) is 3.55. The van der Waals surface area contributed by atoms with E-state index in [2.05, 4.69) is 39.4 Å². The minimum atomic E-state index is -3.06. The van der Waals surface area contributed by atoms with Gasteiger partial charge in [-0.15, -0.1) is 0 Å². The third-order valence-electron chi connectivity index (χ3n) is 5.40. The van der Waals surface area contributed by atoms with Crippen molar-refractivity contribution in [2.45, 2.75) is 32.1 Å². The lowest BCUT2D eigenvalue weighted by atomic mass is 10.2. The molecule has 2 aliphatic rings. The number of benzene rings is 1. The lowest BCUT2D eigenvalue weighted by Crippen LogP contribution is -2.57. The number of nitrogens with zero attached hydrogens (tertiary/aromatic N) is 3. The molecular formula is C20H32N4O3S. The second-order valence-corrected chi connectivity index (χ2v) is 10.7. The van der Waals surface area contributed by atoms with Crippen LogP contribution in [0.4, 0.5) is 5.69 Å². The summed E-state index contributed by atoms with van der Waals surface area (Å²) in [6.45, 7) is 11.3. The topological polar surface area (TPSA) is 74.2 Å². The Morgan fingerprint density at radius 3 is 2.46 bits per heavy atom. The van der Waals surface area contributed by atoms with Gasteiger partial charge in [-0.2, -0.15) is 0 Å². The molecule has 2 saturated heterocycles. The summed E-state index contributed by atoms with van der Waals surface area (Å²) in [5.41, 5.74) is 2.35. The molecule has 0 aromatic heterocycles. The fourth-order valence-corrected chi connectivity index (χ4v) is 4.92. The van der Waals surface area contributed by atoms with E-state index in [-0.39, 0.29) is 5.75 Å². The van der Waals surface area contributed by atoms with Crippen LogP contribution in [-0.2, 0) is 21.1 Å². The van der Waals surface area contributed by atoms with E-state index >= 15 is 0 Å². The molecule has 0 aliphatic carbocycles. The highest BCUT2D eigenvalue weighted by atomic mass is 32.2. The molecule has 0 unspecified atom stereocenters. The van der Waals surface area contributed by atoms with Crippen LogP contribution in [0.15, 0.2) is 29.3 Å². The van der Waals surface area contributed by atoms with Gasteiger partial charge in [0.1, 0.15) is 0 Å². The highest BCUT2D eigenvalue weighted by Crippen LogP contribution is 2.24. The van der Waals surface area contributed by atoms with E-state index in [1.165, 1.54) is 5.69 Å². The van der Waals surface area contributed by atoms with Crippen LogP contribution in [0.25, 0.3) is 0 Å². The van der Waals surface area contributed by atoms with Gasteiger partial charge in [0.25, 0.3) is 0 Å². The Balaban J connectivity index is 1.67. The molecule has 0 atom stereocenters. The molecular weight excluding hydrogens is 376 g/mol. The first-order valence-corrected chi connectivity index (χ1v) is 11.6. The summed E-state index contributed by atoms with van der Waals surface area (Å²) in [5.74, 6) is 0.946. The van der Waals surface area contributed by atoms with Crippen molar-refractivity contribution in [3.05, 3.63) is 29.8 Å². The predicted octanol–water partition coefficient (Wildman–Crippen LogP) is 1.50. The van der Waals surface area contributed by atoms with E-state index < -0.39 is 14.6 Å². The molecule has 2 aliphatic heterocycles. The Kier molecular flexibility index (Phi) is 6.50. The molecule has 2 heterocycles. The van der Waals surface area contributed by atoms with Gasteiger partial charge in [-0.05, 0) is 38.5 Å². The van der Waals surface area contributed by atoms with Crippen molar-refractivity contribution in [2.75, 3.05) is 56.6 Å². The zero-order valence-corrected chi connectivity index (χ0v) is 18.0. The molecule has 0 amide bonds. The van der Waals surface area contributed by atoms with Crippen LogP contribution >= 0.6 is 0 Å². The minimum absolute atomic E-state index is 0.165. The average molecular weight is 409 g/mol. The van der Waals surface area contributed by atoms with Crippen molar-refractivity contribution in [1.82, 2.24) is 10.2 Å². The van der Waals surface area contributed by atoms with Crippen molar-refractivity contribution in [3.8, 4) is 0 Å². The van der Waals surface area contributed by atoms with Crippen molar-refractivity contribution < 1.29 is 13.2 Å². The molecule has 1 aromatic carbocycles. The number of guanidine groups is 1. The molecule has 156 valence electrons. The Morgan fingerprint density at radius 1 is 1.18 bits per heavy atom. The van der Waals surface area contributed by atoms with Gasteiger partial charge in [-0.1, -0.05) is 12.1 Å². The number of hydrogen-bond donors (Lipinski definition) is 1. The second kappa shape index (κ2) is 8.69. The van der Waals surface area contributed by atoms with Gasteiger partial charge in [-0.3, -0.25) is 0 Å². The van der Waals surface area contributed by atoms with Gasteiger partial charge in [0.15, 0.2) is 15.8 Å². The molecule has 0 spiro atoms. The van der Waals surface area contributed by atoms with Gasteiger partial charge in [0.05, 0.1) is 30.3 Å². The third kappa shape index (κ3) is 4.78. The smallest absolute Gasteiger partial charge is 0.194 e. The Morgan fingerprint density at radius 2 is 1.86 bits per heavy atom. The molecule has 1 aromatic rings. The SMILES string of the molecule is CCNC(=NCc1ccc(N2CCOCC2)cc1)N1CCS(=O)(=O)C(C)(C)C1.